The van der Waals surface area contributed by atoms with Crippen molar-refractivity contribution in [1.29, 1.82) is 5.26 Å². The summed E-state index contributed by atoms with van der Waals surface area (Å²) in [6, 6.07) is 21.1. The third kappa shape index (κ3) is 4.53. The van der Waals surface area contributed by atoms with E-state index in [0.717, 1.165) is 28.1 Å². The SMILES string of the molecule is CCOc1cc(/C=C(/C#N)c2cccc3ccccc23)ccc1Oc1nc(Cl)ncc1F. The Morgan fingerprint density at radius 1 is 1.12 bits per heavy atom. The van der Waals surface area contributed by atoms with Crippen LogP contribution in [0.2, 0.25) is 5.28 Å². The summed E-state index contributed by atoms with van der Waals surface area (Å²) < 4.78 is 25.2. The van der Waals surface area contributed by atoms with Crippen LogP contribution in [0.4, 0.5) is 4.39 Å². The number of benzene rings is 3. The number of nitriles is 1. The minimum Gasteiger partial charge on any atom is -0.490 e. The zero-order valence-electron chi connectivity index (χ0n) is 17.0. The second kappa shape index (κ2) is 9.46. The third-order valence-electron chi connectivity index (χ3n) is 4.67. The minimum absolute atomic E-state index is 0.132. The van der Waals surface area contributed by atoms with Gasteiger partial charge in [-0.05, 0) is 53.1 Å². The summed E-state index contributed by atoms with van der Waals surface area (Å²) in [6.07, 6.45) is 2.71. The average molecular weight is 446 g/mol. The molecule has 0 atom stereocenters. The van der Waals surface area contributed by atoms with E-state index in [1.807, 2.05) is 49.4 Å². The third-order valence-corrected chi connectivity index (χ3v) is 4.85. The van der Waals surface area contributed by atoms with Gasteiger partial charge in [-0.25, -0.2) is 4.98 Å². The number of aromatic nitrogens is 2. The van der Waals surface area contributed by atoms with Crippen molar-refractivity contribution >= 4 is 34.0 Å². The van der Waals surface area contributed by atoms with Crippen LogP contribution in [-0.4, -0.2) is 16.6 Å². The van der Waals surface area contributed by atoms with Gasteiger partial charge in [-0.3, -0.25) is 0 Å². The molecule has 0 saturated heterocycles. The fraction of sp³-hybridized carbons (Fsp3) is 0.0800. The molecule has 32 heavy (non-hydrogen) atoms. The standard InChI is InChI=1S/C25H17ClFN3O2/c1-2-31-23-13-16(10-11-22(23)32-24-21(27)15-29-25(26)30-24)12-18(14-28)20-9-5-7-17-6-3-4-8-19(17)20/h3-13,15H,2H2,1H3/b18-12-. The Kier molecular flexibility index (Phi) is 6.29. The number of fused-ring (bicyclic) bond motifs is 1. The van der Waals surface area contributed by atoms with E-state index < -0.39 is 5.82 Å². The molecule has 3 aromatic carbocycles. The van der Waals surface area contributed by atoms with Gasteiger partial charge < -0.3 is 9.47 Å². The molecule has 0 unspecified atom stereocenters. The number of nitrogens with zero attached hydrogens (tertiary/aromatic N) is 3. The maximum atomic E-state index is 14.0. The van der Waals surface area contributed by atoms with Gasteiger partial charge in [-0.2, -0.15) is 14.6 Å². The monoisotopic (exact) mass is 445 g/mol. The first-order valence-electron chi connectivity index (χ1n) is 9.81. The molecular formula is C25H17ClFN3O2. The minimum atomic E-state index is -0.747. The van der Waals surface area contributed by atoms with E-state index in [4.69, 9.17) is 21.1 Å². The van der Waals surface area contributed by atoms with Gasteiger partial charge >= 0.3 is 0 Å². The quantitative estimate of drug-likeness (QED) is 0.188. The van der Waals surface area contributed by atoms with Crippen molar-refractivity contribution in [2.75, 3.05) is 6.61 Å². The van der Waals surface area contributed by atoms with Crippen LogP contribution < -0.4 is 9.47 Å². The number of allylic oxidation sites excluding steroid dienone is 1. The Labute approximate surface area is 189 Å². The van der Waals surface area contributed by atoms with Gasteiger partial charge in [-0.1, -0.05) is 48.5 Å². The van der Waals surface area contributed by atoms with E-state index >= 15 is 0 Å². The molecule has 0 aliphatic carbocycles. The largest absolute Gasteiger partial charge is 0.490 e. The molecule has 0 aliphatic heterocycles. The number of halogens is 2. The Morgan fingerprint density at radius 3 is 2.75 bits per heavy atom. The van der Waals surface area contributed by atoms with Gasteiger partial charge in [0.05, 0.1) is 24.4 Å². The molecule has 0 bridgehead atoms. The van der Waals surface area contributed by atoms with E-state index in [0.29, 0.717) is 17.9 Å². The number of hydrogen-bond donors (Lipinski definition) is 0. The van der Waals surface area contributed by atoms with Gasteiger partial charge in [0.25, 0.3) is 5.88 Å². The van der Waals surface area contributed by atoms with Crippen molar-refractivity contribution in [2.24, 2.45) is 0 Å². The fourth-order valence-corrected chi connectivity index (χ4v) is 3.40. The van der Waals surface area contributed by atoms with Crippen molar-refractivity contribution in [3.8, 4) is 23.4 Å². The van der Waals surface area contributed by atoms with Crippen LogP contribution in [0, 0.1) is 17.1 Å². The van der Waals surface area contributed by atoms with Crippen LogP contribution in [0.25, 0.3) is 22.4 Å². The predicted molar refractivity (Wildman–Crippen MR) is 122 cm³/mol. The zero-order chi connectivity index (χ0) is 22.5. The first-order valence-corrected chi connectivity index (χ1v) is 10.2. The molecule has 4 aromatic rings. The van der Waals surface area contributed by atoms with Crippen LogP contribution in [0.15, 0.2) is 66.9 Å². The summed E-state index contributed by atoms with van der Waals surface area (Å²) in [4.78, 5) is 7.34. The molecule has 0 amide bonds. The van der Waals surface area contributed by atoms with Crippen molar-refractivity contribution < 1.29 is 13.9 Å². The first kappa shape index (κ1) is 21.3. The van der Waals surface area contributed by atoms with E-state index in [1.54, 1.807) is 24.3 Å². The van der Waals surface area contributed by atoms with Crippen LogP contribution in [-0.2, 0) is 0 Å². The molecule has 0 saturated carbocycles. The van der Waals surface area contributed by atoms with Crippen molar-refractivity contribution in [3.05, 3.63) is 89.1 Å². The lowest BCUT2D eigenvalue weighted by Gasteiger charge is -2.12. The maximum Gasteiger partial charge on any atom is 0.260 e. The van der Waals surface area contributed by atoms with Crippen LogP contribution in [0.3, 0.4) is 0 Å². The van der Waals surface area contributed by atoms with Crippen LogP contribution in [0.1, 0.15) is 18.1 Å². The highest BCUT2D eigenvalue weighted by Crippen LogP contribution is 2.34. The Morgan fingerprint density at radius 2 is 1.94 bits per heavy atom. The molecular weight excluding hydrogens is 429 g/mol. The van der Waals surface area contributed by atoms with E-state index in [2.05, 4.69) is 16.0 Å². The molecule has 0 spiro atoms. The van der Waals surface area contributed by atoms with Gasteiger partial charge in [0.15, 0.2) is 11.5 Å². The van der Waals surface area contributed by atoms with E-state index in [1.165, 1.54) is 0 Å². The molecule has 0 aliphatic rings. The van der Waals surface area contributed by atoms with Crippen molar-refractivity contribution in [2.45, 2.75) is 6.92 Å². The van der Waals surface area contributed by atoms with E-state index in [-0.39, 0.29) is 16.9 Å². The summed E-state index contributed by atoms with van der Waals surface area (Å²) in [5.41, 5.74) is 2.07. The summed E-state index contributed by atoms with van der Waals surface area (Å²) >= 11 is 5.74. The van der Waals surface area contributed by atoms with Gasteiger partial charge in [-0.15, -0.1) is 0 Å². The second-order valence-electron chi connectivity index (χ2n) is 6.73. The first-order chi connectivity index (χ1) is 15.6. The molecule has 0 fully saturated rings. The van der Waals surface area contributed by atoms with Crippen LogP contribution in [0.5, 0.6) is 17.4 Å². The number of hydrogen-bond acceptors (Lipinski definition) is 5. The van der Waals surface area contributed by atoms with Gasteiger partial charge in [0.1, 0.15) is 0 Å². The molecule has 1 heterocycles. The van der Waals surface area contributed by atoms with Gasteiger partial charge in [0.2, 0.25) is 11.1 Å². The highest BCUT2D eigenvalue weighted by molar-refractivity contribution is 6.28. The van der Waals surface area contributed by atoms with Crippen LogP contribution >= 0.6 is 11.6 Å². The zero-order valence-corrected chi connectivity index (χ0v) is 17.8. The number of ether oxygens (including phenoxy) is 2. The molecule has 4 rings (SSSR count). The normalized spacial score (nSPS) is 11.2. The summed E-state index contributed by atoms with van der Waals surface area (Å²) in [5, 5.41) is 11.7. The Balaban J connectivity index is 1.73. The smallest absolute Gasteiger partial charge is 0.260 e. The molecule has 0 radical (unpaired) electrons. The Hall–Kier alpha value is -3.95. The highest BCUT2D eigenvalue weighted by Gasteiger charge is 2.14. The molecule has 158 valence electrons. The van der Waals surface area contributed by atoms with Crippen molar-refractivity contribution in [3.63, 3.8) is 0 Å². The molecule has 5 nitrogen and oxygen atoms in total. The fourth-order valence-electron chi connectivity index (χ4n) is 3.27. The molecule has 1 aromatic heterocycles. The predicted octanol–water partition coefficient (Wildman–Crippen LogP) is 6.68. The van der Waals surface area contributed by atoms with Gasteiger partial charge in [0, 0.05) is 5.56 Å². The molecule has 0 N–H and O–H groups in total. The lowest BCUT2D eigenvalue weighted by Crippen LogP contribution is -1.99. The topological polar surface area (TPSA) is 68.0 Å². The molecule has 7 heteroatoms. The summed E-state index contributed by atoms with van der Waals surface area (Å²) in [6.45, 7) is 2.19. The summed E-state index contributed by atoms with van der Waals surface area (Å²) in [5.74, 6) is -0.404. The average Bonchev–Trinajstić information content (AvgIpc) is 2.81. The van der Waals surface area contributed by atoms with E-state index in [9.17, 15) is 9.65 Å². The lowest BCUT2D eigenvalue weighted by molar-refractivity contribution is 0.316. The number of rotatable bonds is 6. The van der Waals surface area contributed by atoms with Crippen molar-refractivity contribution in [1.82, 2.24) is 9.97 Å². The summed E-state index contributed by atoms with van der Waals surface area (Å²) in [7, 11) is 0. The maximum absolute atomic E-state index is 14.0. The Bertz CT molecular complexity index is 1360. The lowest BCUT2D eigenvalue weighted by atomic mass is 9.97. The highest BCUT2D eigenvalue weighted by atomic mass is 35.5. The second-order valence-corrected chi connectivity index (χ2v) is 7.07.